The van der Waals surface area contributed by atoms with E-state index < -0.39 is 0 Å². The van der Waals surface area contributed by atoms with Gasteiger partial charge in [-0.15, -0.1) is 0 Å². The van der Waals surface area contributed by atoms with Gasteiger partial charge in [-0.25, -0.2) is 0 Å². The van der Waals surface area contributed by atoms with Crippen molar-refractivity contribution in [3.05, 3.63) is 23.8 Å². The molecule has 4 nitrogen and oxygen atoms in total. The Balaban J connectivity index is 2.01. The number of hydrogen-bond donors (Lipinski definition) is 3. The Kier molecular flexibility index (Phi) is 3.45. The molecule has 1 aliphatic rings. The van der Waals surface area contributed by atoms with Gasteiger partial charge < -0.3 is 15.5 Å². The molecule has 0 saturated heterocycles. The highest BCUT2D eigenvalue weighted by atomic mass is 16.3. The Morgan fingerprint density at radius 1 is 1.33 bits per heavy atom. The van der Waals surface area contributed by atoms with Crippen molar-refractivity contribution in [2.24, 2.45) is 5.41 Å². The van der Waals surface area contributed by atoms with Crippen molar-refractivity contribution < 1.29 is 15.0 Å². The molecule has 1 aromatic rings. The second-order valence-electron chi connectivity index (χ2n) is 5.37. The number of hydrogen-bond acceptors (Lipinski definition) is 3. The molecule has 98 valence electrons. The first-order chi connectivity index (χ1) is 8.52. The summed E-state index contributed by atoms with van der Waals surface area (Å²) in [6.45, 7) is 2.78. The minimum Gasteiger partial charge on any atom is -0.504 e. The molecule has 2 rings (SSSR count). The summed E-state index contributed by atoms with van der Waals surface area (Å²) < 4.78 is 0. The molecule has 0 unspecified atom stereocenters. The van der Waals surface area contributed by atoms with Gasteiger partial charge in [-0.05, 0) is 30.4 Å². The van der Waals surface area contributed by atoms with E-state index in [1.54, 1.807) is 6.07 Å². The molecule has 0 aliphatic heterocycles. The predicted octanol–water partition coefficient (Wildman–Crippen LogP) is 2.41. The Hall–Kier alpha value is -1.71. The first-order valence-corrected chi connectivity index (χ1v) is 6.31. The van der Waals surface area contributed by atoms with Crippen molar-refractivity contribution in [1.82, 2.24) is 5.32 Å². The molecule has 0 heterocycles. The maximum absolute atomic E-state index is 11.9. The lowest BCUT2D eigenvalue weighted by atomic mass is 9.89. The molecule has 1 amide bonds. The van der Waals surface area contributed by atoms with Gasteiger partial charge in [-0.3, -0.25) is 4.79 Å². The first kappa shape index (κ1) is 12.7. The fourth-order valence-electron chi connectivity index (χ4n) is 2.51. The molecule has 0 aromatic heterocycles. The third-order valence-electron chi connectivity index (χ3n) is 3.75. The minimum absolute atomic E-state index is 0.122. The van der Waals surface area contributed by atoms with E-state index in [1.165, 1.54) is 25.0 Å². The molecule has 18 heavy (non-hydrogen) atoms. The van der Waals surface area contributed by atoms with Crippen LogP contribution in [0.4, 0.5) is 0 Å². The zero-order valence-corrected chi connectivity index (χ0v) is 10.6. The van der Waals surface area contributed by atoms with Gasteiger partial charge in [0.05, 0.1) is 5.56 Å². The first-order valence-electron chi connectivity index (χ1n) is 6.31. The Bertz CT molecular complexity index is 450. The maximum Gasteiger partial charge on any atom is 0.255 e. The van der Waals surface area contributed by atoms with Crippen LogP contribution in [0, 0.1) is 5.41 Å². The van der Waals surface area contributed by atoms with Crippen LogP contribution < -0.4 is 5.32 Å². The Labute approximate surface area is 107 Å². The second kappa shape index (κ2) is 4.88. The molecule has 1 fully saturated rings. The molecule has 0 bridgehead atoms. The van der Waals surface area contributed by atoms with Gasteiger partial charge in [0, 0.05) is 6.54 Å². The molecular weight excluding hydrogens is 230 g/mol. The van der Waals surface area contributed by atoms with Crippen molar-refractivity contribution >= 4 is 5.91 Å². The topological polar surface area (TPSA) is 69.6 Å². The van der Waals surface area contributed by atoms with Crippen LogP contribution in [-0.2, 0) is 0 Å². The van der Waals surface area contributed by atoms with Gasteiger partial charge in [0.25, 0.3) is 5.91 Å². The summed E-state index contributed by atoms with van der Waals surface area (Å²) in [5, 5.41) is 21.8. The van der Waals surface area contributed by atoms with Crippen LogP contribution in [0.2, 0.25) is 0 Å². The molecule has 1 saturated carbocycles. The van der Waals surface area contributed by atoms with E-state index in [2.05, 4.69) is 12.2 Å². The van der Waals surface area contributed by atoms with Crippen molar-refractivity contribution in [3.8, 4) is 11.5 Å². The fourth-order valence-corrected chi connectivity index (χ4v) is 2.51. The van der Waals surface area contributed by atoms with Crippen LogP contribution in [0.5, 0.6) is 11.5 Å². The summed E-state index contributed by atoms with van der Waals surface area (Å²) in [6.07, 6.45) is 4.67. The van der Waals surface area contributed by atoms with Crippen LogP contribution in [0.25, 0.3) is 0 Å². The lowest BCUT2D eigenvalue weighted by molar-refractivity contribution is 0.0931. The molecule has 0 spiro atoms. The van der Waals surface area contributed by atoms with Crippen LogP contribution in [0.3, 0.4) is 0 Å². The Morgan fingerprint density at radius 3 is 2.67 bits per heavy atom. The number of nitrogens with one attached hydrogen (secondary N) is 1. The molecule has 1 aliphatic carbocycles. The number of benzene rings is 1. The monoisotopic (exact) mass is 249 g/mol. The molecule has 1 aromatic carbocycles. The SMILES string of the molecule is CC1(CNC(=O)c2cccc(O)c2O)CCCC1. The van der Waals surface area contributed by atoms with E-state index in [4.69, 9.17) is 0 Å². The van der Waals surface area contributed by atoms with Gasteiger partial charge in [-0.2, -0.15) is 0 Å². The average Bonchev–Trinajstić information content (AvgIpc) is 2.77. The van der Waals surface area contributed by atoms with E-state index >= 15 is 0 Å². The van der Waals surface area contributed by atoms with Crippen molar-refractivity contribution in [3.63, 3.8) is 0 Å². The predicted molar refractivity (Wildman–Crippen MR) is 68.7 cm³/mol. The lowest BCUT2D eigenvalue weighted by Crippen LogP contribution is -2.34. The number of rotatable bonds is 3. The number of aromatic hydroxyl groups is 2. The molecule has 0 atom stereocenters. The third-order valence-corrected chi connectivity index (χ3v) is 3.75. The summed E-state index contributed by atoms with van der Waals surface area (Å²) in [4.78, 5) is 11.9. The Morgan fingerprint density at radius 2 is 2.00 bits per heavy atom. The van der Waals surface area contributed by atoms with E-state index in [0.29, 0.717) is 6.54 Å². The van der Waals surface area contributed by atoms with Crippen LogP contribution in [0.1, 0.15) is 43.0 Å². The highest BCUT2D eigenvalue weighted by Crippen LogP contribution is 2.37. The number of para-hydroxylation sites is 1. The fraction of sp³-hybridized carbons (Fsp3) is 0.500. The third kappa shape index (κ3) is 2.58. The van der Waals surface area contributed by atoms with E-state index in [-0.39, 0.29) is 28.4 Å². The highest BCUT2D eigenvalue weighted by Gasteiger charge is 2.29. The summed E-state index contributed by atoms with van der Waals surface area (Å²) in [5.74, 6) is -0.960. The zero-order valence-electron chi connectivity index (χ0n) is 10.6. The van der Waals surface area contributed by atoms with E-state index in [0.717, 1.165) is 12.8 Å². The van der Waals surface area contributed by atoms with Crippen molar-refractivity contribution in [2.75, 3.05) is 6.54 Å². The number of phenols is 2. The van der Waals surface area contributed by atoms with E-state index in [9.17, 15) is 15.0 Å². The van der Waals surface area contributed by atoms with Gasteiger partial charge >= 0.3 is 0 Å². The van der Waals surface area contributed by atoms with Crippen molar-refractivity contribution in [1.29, 1.82) is 0 Å². The average molecular weight is 249 g/mol. The van der Waals surface area contributed by atoms with Gasteiger partial charge in [0.2, 0.25) is 0 Å². The van der Waals surface area contributed by atoms with Crippen molar-refractivity contribution in [2.45, 2.75) is 32.6 Å². The van der Waals surface area contributed by atoms with Crippen LogP contribution in [0.15, 0.2) is 18.2 Å². The number of amides is 1. The zero-order chi connectivity index (χ0) is 13.2. The van der Waals surface area contributed by atoms with E-state index in [1.807, 2.05) is 0 Å². The number of phenolic OH excluding ortho intramolecular Hbond substituents is 2. The highest BCUT2D eigenvalue weighted by molar-refractivity contribution is 5.97. The quantitative estimate of drug-likeness (QED) is 0.720. The summed E-state index contributed by atoms with van der Waals surface area (Å²) in [6, 6.07) is 4.40. The smallest absolute Gasteiger partial charge is 0.255 e. The maximum atomic E-state index is 11.9. The summed E-state index contributed by atoms with van der Waals surface area (Å²) in [7, 11) is 0. The molecule has 3 N–H and O–H groups in total. The standard InChI is InChI=1S/C14H19NO3/c1-14(7-2-3-8-14)9-15-13(18)10-5-4-6-11(16)12(10)17/h4-6,16-17H,2-3,7-9H2,1H3,(H,15,18). The summed E-state index contributed by atoms with van der Waals surface area (Å²) in [5.41, 5.74) is 0.291. The van der Waals surface area contributed by atoms with Gasteiger partial charge in [-0.1, -0.05) is 25.8 Å². The molecular formula is C14H19NO3. The lowest BCUT2D eigenvalue weighted by Gasteiger charge is -2.23. The molecule has 4 heteroatoms. The largest absolute Gasteiger partial charge is 0.504 e. The second-order valence-corrected chi connectivity index (χ2v) is 5.37. The van der Waals surface area contributed by atoms with Gasteiger partial charge in [0.1, 0.15) is 0 Å². The summed E-state index contributed by atoms with van der Waals surface area (Å²) >= 11 is 0. The number of carbonyl (C=O) groups excluding carboxylic acids is 1. The normalized spacial score (nSPS) is 17.6. The molecule has 0 radical (unpaired) electrons. The minimum atomic E-state index is -0.355. The van der Waals surface area contributed by atoms with Crippen LogP contribution >= 0.6 is 0 Å². The van der Waals surface area contributed by atoms with Crippen LogP contribution in [-0.4, -0.2) is 22.7 Å². The van der Waals surface area contributed by atoms with Gasteiger partial charge in [0.15, 0.2) is 11.5 Å². The number of carbonyl (C=O) groups is 1.